The number of nitrogens with two attached hydrogens (primary N) is 1. The number of hydrogen-bond donors (Lipinski definition) is 2. The van der Waals surface area contributed by atoms with E-state index in [1.165, 1.54) is 24.2 Å². The highest BCUT2D eigenvalue weighted by molar-refractivity contribution is 5.95. The molecular weight excluding hydrogens is 548 g/mol. The molecule has 0 fully saturated rings. The summed E-state index contributed by atoms with van der Waals surface area (Å²) in [6, 6.07) is 10.7. The van der Waals surface area contributed by atoms with Crippen LogP contribution in [0, 0.1) is 11.6 Å². The molecular formula is C26H20F4N8O3. The van der Waals surface area contributed by atoms with E-state index in [1.807, 2.05) is 12.1 Å². The van der Waals surface area contributed by atoms with Crippen molar-refractivity contribution in [2.24, 2.45) is 5.73 Å². The highest BCUT2D eigenvalue weighted by atomic mass is 19.3. The summed E-state index contributed by atoms with van der Waals surface area (Å²) in [5.41, 5.74) is 7.71. The van der Waals surface area contributed by atoms with Crippen LogP contribution in [0.2, 0.25) is 0 Å². The Bertz CT molecular complexity index is 1680. The van der Waals surface area contributed by atoms with Crippen molar-refractivity contribution in [1.82, 2.24) is 30.2 Å². The lowest BCUT2D eigenvalue weighted by Gasteiger charge is -2.10. The van der Waals surface area contributed by atoms with Crippen LogP contribution >= 0.6 is 0 Å². The molecule has 0 spiro atoms. The van der Waals surface area contributed by atoms with Crippen molar-refractivity contribution in [1.29, 1.82) is 0 Å². The number of carbonyl (C=O) groups is 1. The summed E-state index contributed by atoms with van der Waals surface area (Å²) in [5.74, 6) is -3.79. The Labute approximate surface area is 229 Å². The van der Waals surface area contributed by atoms with E-state index in [0.29, 0.717) is 23.5 Å². The lowest BCUT2D eigenvalue weighted by molar-refractivity contribution is 0.0996. The molecule has 15 heteroatoms. The van der Waals surface area contributed by atoms with Crippen LogP contribution in [0.15, 0.2) is 59.3 Å². The molecule has 1 amide bonds. The predicted octanol–water partition coefficient (Wildman–Crippen LogP) is 4.37. The van der Waals surface area contributed by atoms with Gasteiger partial charge in [-0.05, 0) is 23.8 Å². The maximum absolute atomic E-state index is 14.7. The molecule has 0 saturated heterocycles. The number of halogens is 4. The largest absolute Gasteiger partial charge is 0.480 e. The number of amides is 1. The summed E-state index contributed by atoms with van der Waals surface area (Å²) in [6.07, 6.45) is 0.0434. The number of alkyl halides is 2. The average Bonchev–Trinajstić information content (AvgIpc) is 3.64. The zero-order chi connectivity index (χ0) is 29.1. The molecule has 0 aliphatic rings. The lowest BCUT2D eigenvalue weighted by atomic mass is 10.1. The predicted molar refractivity (Wildman–Crippen MR) is 136 cm³/mol. The number of nitrogens with zero attached hydrogens (tertiary/aromatic N) is 6. The lowest BCUT2D eigenvalue weighted by Crippen LogP contribution is -2.14. The quantitative estimate of drug-likeness (QED) is 0.234. The number of nitrogens with one attached hydrogen (secondary N) is 1. The molecule has 3 N–H and O–H groups in total. The van der Waals surface area contributed by atoms with E-state index in [4.69, 9.17) is 14.9 Å². The van der Waals surface area contributed by atoms with E-state index in [2.05, 4.69) is 30.8 Å². The van der Waals surface area contributed by atoms with Gasteiger partial charge >= 0.3 is 6.43 Å². The first kappa shape index (κ1) is 27.2. The van der Waals surface area contributed by atoms with Crippen molar-refractivity contribution in [2.45, 2.75) is 19.5 Å². The normalized spacial score (nSPS) is 11.2. The van der Waals surface area contributed by atoms with Crippen molar-refractivity contribution >= 4 is 11.6 Å². The molecule has 5 aromatic rings. The smallest absolute Gasteiger partial charge is 0.314 e. The van der Waals surface area contributed by atoms with E-state index >= 15 is 0 Å². The minimum Gasteiger partial charge on any atom is -0.480 e. The summed E-state index contributed by atoms with van der Waals surface area (Å²) in [4.78, 5) is 15.7. The molecule has 0 radical (unpaired) electrons. The molecule has 0 atom stereocenters. The van der Waals surface area contributed by atoms with E-state index in [-0.39, 0.29) is 29.1 Å². The van der Waals surface area contributed by atoms with Gasteiger partial charge in [-0.15, -0.1) is 15.3 Å². The van der Waals surface area contributed by atoms with Gasteiger partial charge in [0.25, 0.3) is 11.8 Å². The Kier molecular flexibility index (Phi) is 7.58. The number of benzene rings is 2. The second-order valence-electron chi connectivity index (χ2n) is 8.66. The number of pyridine rings is 1. The number of primary amides is 1. The Hall–Kier alpha value is -5.34. The second-order valence-corrected chi connectivity index (χ2v) is 8.66. The van der Waals surface area contributed by atoms with Crippen LogP contribution in [0.5, 0.6) is 5.88 Å². The van der Waals surface area contributed by atoms with Gasteiger partial charge < -0.3 is 20.2 Å². The molecule has 0 aliphatic carbocycles. The molecule has 11 nitrogen and oxygen atoms in total. The van der Waals surface area contributed by atoms with Crippen molar-refractivity contribution in [2.75, 3.05) is 12.4 Å². The van der Waals surface area contributed by atoms with E-state index < -0.39 is 35.7 Å². The van der Waals surface area contributed by atoms with Gasteiger partial charge in [0.1, 0.15) is 22.9 Å². The summed E-state index contributed by atoms with van der Waals surface area (Å²) < 4.78 is 65.9. The maximum atomic E-state index is 14.7. The number of ether oxygens (including phenoxy) is 1. The number of aromatic nitrogens is 6. The maximum Gasteiger partial charge on any atom is 0.314 e. The number of anilines is 1. The van der Waals surface area contributed by atoms with Gasteiger partial charge in [0.2, 0.25) is 11.8 Å². The van der Waals surface area contributed by atoms with Crippen molar-refractivity contribution < 1.29 is 31.5 Å². The highest BCUT2D eigenvalue weighted by Crippen LogP contribution is 2.27. The summed E-state index contributed by atoms with van der Waals surface area (Å²) in [6.45, 7) is 0.142. The molecule has 0 aliphatic heterocycles. The van der Waals surface area contributed by atoms with Crippen LogP contribution in [-0.2, 0) is 13.1 Å². The van der Waals surface area contributed by atoms with Gasteiger partial charge in [-0.2, -0.15) is 8.78 Å². The molecule has 3 aromatic heterocycles. The fourth-order valence-corrected chi connectivity index (χ4v) is 3.87. The summed E-state index contributed by atoms with van der Waals surface area (Å²) in [7, 11) is 1.39. The fourth-order valence-electron chi connectivity index (χ4n) is 3.87. The van der Waals surface area contributed by atoms with Gasteiger partial charge in [-0.1, -0.05) is 29.5 Å². The molecule has 3 heterocycles. The molecule has 210 valence electrons. The summed E-state index contributed by atoms with van der Waals surface area (Å²) >= 11 is 0. The average molecular weight is 568 g/mol. The standard InChI is InChI=1S/C26H20F4N8O3/c1-40-25-17(23(31)39)8-16(10-33-25)32-9-13-2-4-14(5-3-13)21-12-38(37-34-21)11-18-19(27)6-15(7-20(18)28)24-35-36-26(41-24)22(29)30/h2-8,10,12,22,32H,9,11H2,1H3,(H2,31,39). The summed E-state index contributed by atoms with van der Waals surface area (Å²) in [5, 5.41) is 17.7. The van der Waals surface area contributed by atoms with Crippen molar-refractivity contribution in [3.05, 3.63) is 89.1 Å². The van der Waals surface area contributed by atoms with Crippen LogP contribution in [-0.4, -0.2) is 43.2 Å². The highest BCUT2D eigenvalue weighted by Gasteiger charge is 2.20. The third-order valence-corrected chi connectivity index (χ3v) is 5.93. The number of rotatable bonds is 10. The third-order valence-electron chi connectivity index (χ3n) is 5.93. The van der Waals surface area contributed by atoms with Gasteiger partial charge in [0.05, 0.1) is 31.7 Å². The van der Waals surface area contributed by atoms with Crippen LogP contribution < -0.4 is 15.8 Å². The van der Waals surface area contributed by atoms with E-state index in [9.17, 15) is 22.4 Å². The Morgan fingerprint density at radius 2 is 1.80 bits per heavy atom. The minimum atomic E-state index is -3.01. The number of hydrogen-bond acceptors (Lipinski definition) is 9. The first-order chi connectivity index (χ1) is 19.7. The van der Waals surface area contributed by atoms with Crippen molar-refractivity contribution in [3.8, 4) is 28.6 Å². The van der Waals surface area contributed by atoms with Gasteiger partial charge in [-0.25, -0.2) is 18.4 Å². The topological polar surface area (TPSA) is 147 Å². The molecule has 0 bridgehead atoms. The fraction of sp³-hybridized carbons (Fsp3) is 0.154. The molecule has 41 heavy (non-hydrogen) atoms. The second kappa shape index (κ2) is 11.4. The van der Waals surface area contributed by atoms with Gasteiger partial charge in [0.15, 0.2) is 0 Å². The molecule has 0 saturated carbocycles. The van der Waals surface area contributed by atoms with Gasteiger partial charge in [-0.3, -0.25) is 4.79 Å². The Morgan fingerprint density at radius 1 is 1.07 bits per heavy atom. The number of methoxy groups -OCH3 is 1. The van der Waals surface area contributed by atoms with Gasteiger partial charge in [0, 0.05) is 23.2 Å². The van der Waals surface area contributed by atoms with Crippen LogP contribution in [0.4, 0.5) is 23.2 Å². The third kappa shape index (κ3) is 5.98. The zero-order valence-electron chi connectivity index (χ0n) is 21.2. The zero-order valence-corrected chi connectivity index (χ0v) is 21.2. The Balaban J connectivity index is 1.25. The van der Waals surface area contributed by atoms with Crippen LogP contribution in [0.3, 0.4) is 0 Å². The molecule has 5 rings (SSSR count). The first-order valence-corrected chi connectivity index (χ1v) is 11.9. The monoisotopic (exact) mass is 568 g/mol. The van der Waals surface area contributed by atoms with E-state index in [0.717, 1.165) is 17.7 Å². The van der Waals surface area contributed by atoms with Crippen LogP contribution in [0.1, 0.15) is 33.8 Å². The van der Waals surface area contributed by atoms with Crippen molar-refractivity contribution in [3.63, 3.8) is 0 Å². The first-order valence-electron chi connectivity index (χ1n) is 11.9. The Morgan fingerprint density at radius 3 is 2.44 bits per heavy atom. The van der Waals surface area contributed by atoms with E-state index in [1.54, 1.807) is 18.2 Å². The molecule has 0 unspecified atom stereocenters. The SMILES string of the molecule is COc1ncc(NCc2ccc(-c3cn(Cc4c(F)cc(-c5nnc(C(F)F)o5)cc4F)nn3)cc2)cc1C(N)=O. The number of carbonyl (C=O) groups excluding carboxylic acids is 1. The van der Waals surface area contributed by atoms with Crippen LogP contribution in [0.25, 0.3) is 22.7 Å². The minimum absolute atomic E-state index is 0.136. The molecule has 2 aromatic carbocycles.